The van der Waals surface area contributed by atoms with Crippen molar-refractivity contribution in [2.75, 3.05) is 31.1 Å². The molecule has 0 aliphatic carbocycles. The van der Waals surface area contributed by atoms with Crippen LogP contribution in [0, 0.1) is 5.82 Å². The minimum absolute atomic E-state index is 0.00204. The van der Waals surface area contributed by atoms with Gasteiger partial charge in [-0.05, 0) is 56.7 Å². The van der Waals surface area contributed by atoms with Gasteiger partial charge in [0, 0.05) is 31.9 Å². The van der Waals surface area contributed by atoms with Crippen molar-refractivity contribution >= 4 is 11.6 Å². The highest BCUT2D eigenvalue weighted by molar-refractivity contribution is 5.97. The molecule has 5 heteroatoms. The molecule has 0 bridgehead atoms. The molecule has 2 aromatic carbocycles. The van der Waals surface area contributed by atoms with Crippen LogP contribution < -0.4 is 9.64 Å². The molecule has 1 amide bonds. The lowest BCUT2D eigenvalue weighted by Gasteiger charge is -2.24. The molecule has 0 N–H and O–H groups in total. The SMILES string of the molecule is CC(C)Oc1ccccc1C(=O)N1CCCN(c2ccc(F)cc2)CC1. The van der Waals surface area contributed by atoms with Gasteiger partial charge in [-0.3, -0.25) is 4.79 Å². The van der Waals surface area contributed by atoms with Crippen molar-refractivity contribution in [3.05, 3.63) is 59.9 Å². The van der Waals surface area contributed by atoms with Gasteiger partial charge < -0.3 is 14.5 Å². The Morgan fingerprint density at radius 3 is 2.46 bits per heavy atom. The first-order chi connectivity index (χ1) is 12.5. The number of anilines is 1. The molecule has 1 aliphatic heterocycles. The first kappa shape index (κ1) is 18.2. The lowest BCUT2D eigenvalue weighted by Crippen LogP contribution is -2.35. The van der Waals surface area contributed by atoms with E-state index in [-0.39, 0.29) is 17.8 Å². The molecule has 0 atom stereocenters. The molecule has 1 fully saturated rings. The molecule has 2 aromatic rings. The number of benzene rings is 2. The van der Waals surface area contributed by atoms with E-state index in [0.29, 0.717) is 24.4 Å². The zero-order valence-corrected chi connectivity index (χ0v) is 15.3. The third-order valence-corrected chi connectivity index (χ3v) is 4.46. The third-order valence-electron chi connectivity index (χ3n) is 4.46. The number of amides is 1. The average Bonchev–Trinajstić information content (AvgIpc) is 2.88. The van der Waals surface area contributed by atoms with Crippen LogP contribution in [0.1, 0.15) is 30.6 Å². The minimum Gasteiger partial charge on any atom is -0.490 e. The van der Waals surface area contributed by atoms with E-state index in [1.165, 1.54) is 12.1 Å². The van der Waals surface area contributed by atoms with Gasteiger partial charge in [0.2, 0.25) is 0 Å². The number of hydrogen-bond donors (Lipinski definition) is 0. The highest BCUT2D eigenvalue weighted by atomic mass is 19.1. The van der Waals surface area contributed by atoms with E-state index in [2.05, 4.69) is 4.90 Å². The van der Waals surface area contributed by atoms with Crippen molar-refractivity contribution in [1.29, 1.82) is 0 Å². The monoisotopic (exact) mass is 356 g/mol. The number of para-hydroxylation sites is 1. The molecule has 26 heavy (non-hydrogen) atoms. The van der Waals surface area contributed by atoms with Crippen molar-refractivity contribution in [2.24, 2.45) is 0 Å². The molecule has 4 nitrogen and oxygen atoms in total. The number of carbonyl (C=O) groups excluding carboxylic acids is 1. The summed E-state index contributed by atoms with van der Waals surface area (Å²) in [6.07, 6.45) is 0.887. The number of rotatable bonds is 4. The lowest BCUT2D eigenvalue weighted by molar-refractivity contribution is 0.0761. The van der Waals surface area contributed by atoms with Crippen LogP contribution in [0.25, 0.3) is 0 Å². The first-order valence-corrected chi connectivity index (χ1v) is 9.10. The number of ether oxygens (including phenoxy) is 1. The minimum atomic E-state index is -0.234. The summed E-state index contributed by atoms with van der Waals surface area (Å²) in [7, 11) is 0. The van der Waals surface area contributed by atoms with Crippen LogP contribution in [0.2, 0.25) is 0 Å². The van der Waals surface area contributed by atoms with Gasteiger partial charge in [0.15, 0.2) is 0 Å². The van der Waals surface area contributed by atoms with Gasteiger partial charge in [0.05, 0.1) is 11.7 Å². The molecule has 0 spiro atoms. The predicted octanol–water partition coefficient (Wildman–Crippen LogP) is 3.97. The van der Waals surface area contributed by atoms with Crippen LogP contribution in [0.15, 0.2) is 48.5 Å². The summed E-state index contributed by atoms with van der Waals surface area (Å²) in [5, 5.41) is 0. The zero-order valence-electron chi connectivity index (χ0n) is 15.3. The van der Waals surface area contributed by atoms with Crippen molar-refractivity contribution in [3.63, 3.8) is 0 Å². The quantitative estimate of drug-likeness (QED) is 0.831. The summed E-state index contributed by atoms with van der Waals surface area (Å²) in [5.74, 6) is 0.400. The summed E-state index contributed by atoms with van der Waals surface area (Å²) < 4.78 is 18.9. The summed E-state index contributed by atoms with van der Waals surface area (Å²) in [5.41, 5.74) is 1.60. The molecular weight excluding hydrogens is 331 g/mol. The molecule has 0 unspecified atom stereocenters. The predicted molar refractivity (Wildman–Crippen MR) is 101 cm³/mol. The molecule has 1 aliphatic rings. The lowest BCUT2D eigenvalue weighted by atomic mass is 10.1. The Morgan fingerprint density at radius 2 is 1.73 bits per heavy atom. The Hall–Kier alpha value is -2.56. The Kier molecular flexibility index (Phi) is 5.76. The van der Waals surface area contributed by atoms with E-state index in [1.54, 1.807) is 12.1 Å². The van der Waals surface area contributed by atoms with Gasteiger partial charge in [-0.2, -0.15) is 0 Å². The van der Waals surface area contributed by atoms with Gasteiger partial charge in [-0.15, -0.1) is 0 Å². The van der Waals surface area contributed by atoms with Crippen LogP contribution in [0.4, 0.5) is 10.1 Å². The van der Waals surface area contributed by atoms with E-state index in [4.69, 9.17) is 4.74 Å². The first-order valence-electron chi connectivity index (χ1n) is 9.10. The maximum atomic E-state index is 13.1. The van der Waals surface area contributed by atoms with Crippen molar-refractivity contribution in [1.82, 2.24) is 4.90 Å². The fraction of sp³-hybridized carbons (Fsp3) is 0.381. The fourth-order valence-electron chi connectivity index (χ4n) is 3.20. The van der Waals surface area contributed by atoms with Gasteiger partial charge in [-0.1, -0.05) is 12.1 Å². The molecular formula is C21H25FN2O2. The van der Waals surface area contributed by atoms with E-state index >= 15 is 0 Å². The van der Waals surface area contributed by atoms with Crippen molar-refractivity contribution in [3.8, 4) is 5.75 Å². The number of carbonyl (C=O) groups is 1. The molecule has 3 rings (SSSR count). The highest BCUT2D eigenvalue weighted by Crippen LogP contribution is 2.23. The standard InChI is InChI=1S/C21H25FN2O2/c1-16(2)26-20-7-4-3-6-19(20)21(25)24-13-5-12-23(14-15-24)18-10-8-17(22)9-11-18/h3-4,6-11,16H,5,12-15H2,1-2H3. The smallest absolute Gasteiger partial charge is 0.257 e. The van der Waals surface area contributed by atoms with Gasteiger partial charge in [-0.25, -0.2) is 4.39 Å². The van der Waals surface area contributed by atoms with Crippen LogP contribution >= 0.6 is 0 Å². The molecule has 0 saturated carbocycles. The maximum absolute atomic E-state index is 13.1. The molecule has 1 heterocycles. The Bertz CT molecular complexity index is 746. The highest BCUT2D eigenvalue weighted by Gasteiger charge is 2.23. The van der Waals surface area contributed by atoms with Crippen molar-refractivity contribution < 1.29 is 13.9 Å². The van der Waals surface area contributed by atoms with E-state index < -0.39 is 0 Å². The van der Waals surface area contributed by atoms with Gasteiger partial charge in [0.25, 0.3) is 5.91 Å². The second kappa shape index (κ2) is 8.21. The molecule has 0 radical (unpaired) electrons. The Balaban J connectivity index is 1.71. The van der Waals surface area contributed by atoms with Crippen molar-refractivity contribution in [2.45, 2.75) is 26.4 Å². The van der Waals surface area contributed by atoms with E-state index in [9.17, 15) is 9.18 Å². The molecule has 1 saturated heterocycles. The van der Waals surface area contributed by atoms with Gasteiger partial charge >= 0.3 is 0 Å². The summed E-state index contributed by atoms with van der Waals surface area (Å²) in [6.45, 7) is 6.81. The Labute approximate surface area is 154 Å². The number of nitrogens with zero attached hydrogens (tertiary/aromatic N) is 2. The van der Waals surface area contributed by atoms with E-state index in [1.807, 2.05) is 43.0 Å². The molecule has 138 valence electrons. The topological polar surface area (TPSA) is 32.8 Å². The maximum Gasteiger partial charge on any atom is 0.257 e. The van der Waals surface area contributed by atoms with E-state index in [0.717, 1.165) is 25.2 Å². The normalized spacial score (nSPS) is 15.1. The van der Waals surface area contributed by atoms with Crippen LogP contribution in [0.3, 0.4) is 0 Å². The second-order valence-corrected chi connectivity index (χ2v) is 6.77. The largest absolute Gasteiger partial charge is 0.490 e. The van der Waals surface area contributed by atoms with Crippen LogP contribution in [-0.4, -0.2) is 43.1 Å². The Morgan fingerprint density at radius 1 is 1.00 bits per heavy atom. The average molecular weight is 356 g/mol. The van der Waals surface area contributed by atoms with Gasteiger partial charge in [0.1, 0.15) is 11.6 Å². The summed E-state index contributed by atoms with van der Waals surface area (Å²) in [4.78, 5) is 17.1. The second-order valence-electron chi connectivity index (χ2n) is 6.77. The summed E-state index contributed by atoms with van der Waals surface area (Å²) >= 11 is 0. The number of halogens is 1. The van der Waals surface area contributed by atoms with Crippen LogP contribution in [-0.2, 0) is 0 Å². The van der Waals surface area contributed by atoms with Crippen LogP contribution in [0.5, 0.6) is 5.75 Å². The third kappa shape index (κ3) is 4.34. The molecule has 0 aromatic heterocycles. The fourth-order valence-corrected chi connectivity index (χ4v) is 3.20. The number of hydrogen-bond acceptors (Lipinski definition) is 3. The zero-order chi connectivity index (χ0) is 18.5. The summed E-state index contributed by atoms with van der Waals surface area (Å²) in [6, 6.07) is 13.9.